The van der Waals surface area contributed by atoms with Gasteiger partial charge < -0.3 is 15.0 Å². The number of carboxylic acids is 1. The van der Waals surface area contributed by atoms with Gasteiger partial charge in [0.15, 0.2) is 0 Å². The van der Waals surface area contributed by atoms with Crippen LogP contribution in [0.25, 0.3) is 0 Å². The highest BCUT2D eigenvalue weighted by Gasteiger charge is 2.28. The topological polar surface area (TPSA) is 134 Å². The van der Waals surface area contributed by atoms with Gasteiger partial charge in [0.2, 0.25) is 0 Å². The van der Waals surface area contributed by atoms with Gasteiger partial charge in [-0.3, -0.25) is 19.7 Å². The van der Waals surface area contributed by atoms with Crippen molar-refractivity contribution in [3.63, 3.8) is 0 Å². The maximum absolute atomic E-state index is 12.1. The van der Waals surface area contributed by atoms with E-state index in [4.69, 9.17) is 5.11 Å². The molecule has 1 atom stereocenters. The lowest BCUT2D eigenvalue weighted by Crippen LogP contribution is -2.43. The molecule has 0 aromatic carbocycles. The molecule has 20 heavy (non-hydrogen) atoms. The number of hydrogen-bond donors (Lipinski definition) is 2. The van der Waals surface area contributed by atoms with Crippen LogP contribution in [-0.2, 0) is 4.79 Å². The molecule has 0 aliphatic heterocycles. The second kappa shape index (κ2) is 5.95. The van der Waals surface area contributed by atoms with Gasteiger partial charge in [-0.15, -0.1) is 0 Å². The number of pyridine rings is 1. The smallest absolute Gasteiger partial charge is 0.326 e. The highest BCUT2D eigenvalue weighted by atomic mass is 16.6. The van der Waals surface area contributed by atoms with Crippen molar-refractivity contribution in [2.24, 2.45) is 0 Å². The molecule has 1 unspecified atom stereocenters. The van der Waals surface area contributed by atoms with Crippen molar-refractivity contribution in [1.82, 2.24) is 9.88 Å². The van der Waals surface area contributed by atoms with Crippen LogP contribution in [-0.4, -0.2) is 44.9 Å². The first-order chi connectivity index (χ1) is 9.29. The van der Waals surface area contributed by atoms with Crippen LogP contribution >= 0.6 is 0 Å². The number of nitro groups is 1. The highest BCUT2D eigenvalue weighted by molar-refractivity contribution is 5.96. The second-order valence-corrected chi connectivity index (χ2v) is 4.04. The lowest BCUT2D eigenvalue weighted by atomic mass is 10.1. The standard InChI is InChI=1S/C11H13N3O6/c1-3-8(11(17)18)13(2)10(16)7-4-6(14(19)20)5-12-9(7)15/h4-5,8H,3H2,1-2H3,(H,12,15)(H,17,18). The molecule has 0 radical (unpaired) electrons. The molecular formula is C11H13N3O6. The third-order valence-corrected chi connectivity index (χ3v) is 2.79. The van der Waals surface area contributed by atoms with Gasteiger partial charge in [-0.2, -0.15) is 0 Å². The van der Waals surface area contributed by atoms with Gasteiger partial charge in [0.05, 0.1) is 11.1 Å². The number of aliphatic carboxylic acids is 1. The summed E-state index contributed by atoms with van der Waals surface area (Å²) in [6.07, 6.45) is 1.01. The van der Waals surface area contributed by atoms with Gasteiger partial charge >= 0.3 is 5.97 Å². The summed E-state index contributed by atoms with van der Waals surface area (Å²) in [5.41, 5.74) is -1.74. The summed E-state index contributed by atoms with van der Waals surface area (Å²) >= 11 is 0. The predicted molar refractivity (Wildman–Crippen MR) is 67.5 cm³/mol. The fourth-order valence-corrected chi connectivity index (χ4v) is 1.68. The zero-order valence-electron chi connectivity index (χ0n) is 10.8. The Kier molecular flexibility index (Phi) is 4.57. The van der Waals surface area contributed by atoms with Gasteiger partial charge in [0.25, 0.3) is 17.2 Å². The summed E-state index contributed by atoms with van der Waals surface area (Å²) in [6, 6.07) is -0.284. The average molecular weight is 283 g/mol. The number of carbonyl (C=O) groups is 2. The van der Waals surface area contributed by atoms with Gasteiger partial charge in [-0.25, -0.2) is 4.79 Å². The van der Waals surface area contributed by atoms with Crippen molar-refractivity contribution < 1.29 is 19.6 Å². The predicted octanol–water partition coefficient (Wildman–Crippen LogP) is 0.218. The number of nitrogens with zero attached hydrogens (tertiary/aromatic N) is 2. The van der Waals surface area contributed by atoms with Gasteiger partial charge in [-0.05, 0) is 6.42 Å². The second-order valence-electron chi connectivity index (χ2n) is 4.04. The lowest BCUT2D eigenvalue weighted by molar-refractivity contribution is -0.385. The van der Waals surface area contributed by atoms with Gasteiger partial charge in [0.1, 0.15) is 11.6 Å². The Morgan fingerprint density at radius 3 is 2.60 bits per heavy atom. The minimum atomic E-state index is -1.22. The van der Waals surface area contributed by atoms with Crippen molar-refractivity contribution >= 4 is 17.6 Å². The van der Waals surface area contributed by atoms with Crippen molar-refractivity contribution in [1.29, 1.82) is 0 Å². The van der Waals surface area contributed by atoms with E-state index in [0.717, 1.165) is 17.2 Å². The average Bonchev–Trinajstić information content (AvgIpc) is 2.38. The summed E-state index contributed by atoms with van der Waals surface area (Å²) in [5, 5.41) is 19.6. The maximum atomic E-state index is 12.1. The van der Waals surface area contributed by atoms with E-state index in [0.29, 0.717) is 0 Å². The van der Waals surface area contributed by atoms with E-state index in [-0.39, 0.29) is 6.42 Å². The molecule has 9 heteroatoms. The molecule has 0 aliphatic rings. The molecule has 1 aromatic rings. The Morgan fingerprint density at radius 2 is 2.15 bits per heavy atom. The molecule has 0 aliphatic carbocycles. The summed E-state index contributed by atoms with van der Waals surface area (Å²) < 4.78 is 0. The van der Waals surface area contributed by atoms with E-state index in [1.165, 1.54) is 7.05 Å². The summed E-state index contributed by atoms with van der Waals surface area (Å²) in [5.74, 6) is -2.10. The molecule has 1 heterocycles. The molecule has 9 nitrogen and oxygen atoms in total. The van der Waals surface area contributed by atoms with Crippen molar-refractivity contribution in [3.8, 4) is 0 Å². The number of H-pyrrole nitrogens is 1. The van der Waals surface area contributed by atoms with Crippen LogP contribution in [0.2, 0.25) is 0 Å². The molecular weight excluding hydrogens is 270 g/mol. The fourth-order valence-electron chi connectivity index (χ4n) is 1.68. The Balaban J connectivity index is 3.20. The normalized spacial score (nSPS) is 11.7. The first-order valence-electron chi connectivity index (χ1n) is 5.66. The summed E-state index contributed by atoms with van der Waals surface area (Å²) in [6.45, 7) is 1.57. The summed E-state index contributed by atoms with van der Waals surface area (Å²) in [4.78, 5) is 47.4. The molecule has 0 fully saturated rings. The number of aromatic nitrogens is 1. The molecule has 1 aromatic heterocycles. The largest absolute Gasteiger partial charge is 0.480 e. The van der Waals surface area contributed by atoms with E-state index in [2.05, 4.69) is 4.98 Å². The molecule has 108 valence electrons. The van der Waals surface area contributed by atoms with E-state index in [1.807, 2.05) is 0 Å². The van der Waals surface area contributed by atoms with E-state index in [9.17, 15) is 24.5 Å². The van der Waals surface area contributed by atoms with Gasteiger partial charge in [0, 0.05) is 13.1 Å². The number of carbonyl (C=O) groups excluding carboxylic acids is 1. The molecule has 0 saturated heterocycles. The summed E-state index contributed by atoms with van der Waals surface area (Å²) in [7, 11) is 1.23. The SMILES string of the molecule is CCC(C(=O)O)N(C)C(=O)c1cc([N+](=O)[O-])c[nH]c1=O. The Hall–Kier alpha value is -2.71. The number of likely N-dealkylation sites (N-methyl/N-ethyl adjacent to an activating group) is 1. The molecule has 2 N–H and O–H groups in total. The minimum absolute atomic E-state index is 0.143. The highest BCUT2D eigenvalue weighted by Crippen LogP contribution is 2.12. The van der Waals surface area contributed by atoms with E-state index < -0.39 is 39.7 Å². The number of aromatic amines is 1. The number of amides is 1. The van der Waals surface area contributed by atoms with E-state index >= 15 is 0 Å². The quantitative estimate of drug-likeness (QED) is 0.586. The van der Waals surface area contributed by atoms with Crippen molar-refractivity contribution in [2.45, 2.75) is 19.4 Å². The third-order valence-electron chi connectivity index (χ3n) is 2.79. The lowest BCUT2D eigenvalue weighted by Gasteiger charge is -2.23. The van der Waals surface area contributed by atoms with Crippen molar-refractivity contribution in [3.05, 3.63) is 38.3 Å². The van der Waals surface area contributed by atoms with Gasteiger partial charge in [-0.1, -0.05) is 6.92 Å². The molecule has 1 amide bonds. The molecule has 0 spiro atoms. The molecule has 0 bridgehead atoms. The van der Waals surface area contributed by atoms with Crippen LogP contribution in [0, 0.1) is 10.1 Å². The Morgan fingerprint density at radius 1 is 1.55 bits per heavy atom. The number of hydrogen-bond acceptors (Lipinski definition) is 5. The number of nitrogens with one attached hydrogen (secondary N) is 1. The fraction of sp³-hybridized carbons (Fsp3) is 0.364. The van der Waals surface area contributed by atoms with Crippen LogP contribution in [0.15, 0.2) is 17.1 Å². The Bertz CT molecular complexity index is 608. The molecule has 0 saturated carbocycles. The minimum Gasteiger partial charge on any atom is -0.480 e. The first-order valence-corrected chi connectivity index (χ1v) is 5.66. The van der Waals surface area contributed by atoms with Crippen LogP contribution in [0.1, 0.15) is 23.7 Å². The number of rotatable bonds is 5. The number of carboxylic acid groups (broad SMARTS) is 1. The Labute approximate surface area is 113 Å². The maximum Gasteiger partial charge on any atom is 0.326 e. The third kappa shape index (κ3) is 2.99. The van der Waals surface area contributed by atoms with Crippen molar-refractivity contribution in [2.75, 3.05) is 7.05 Å². The van der Waals surface area contributed by atoms with E-state index in [1.54, 1.807) is 6.92 Å². The van der Waals surface area contributed by atoms with Crippen LogP contribution < -0.4 is 5.56 Å². The van der Waals surface area contributed by atoms with Crippen LogP contribution in [0.3, 0.4) is 0 Å². The first kappa shape index (κ1) is 15.3. The zero-order valence-corrected chi connectivity index (χ0v) is 10.8. The zero-order chi connectivity index (χ0) is 15.4. The van der Waals surface area contributed by atoms with Crippen LogP contribution in [0.4, 0.5) is 5.69 Å². The van der Waals surface area contributed by atoms with Crippen LogP contribution in [0.5, 0.6) is 0 Å². The monoisotopic (exact) mass is 283 g/mol. The molecule has 1 rings (SSSR count).